The smallest absolute Gasteiger partial charge is 0.220 e. The van der Waals surface area contributed by atoms with Gasteiger partial charge in [0, 0.05) is 19.1 Å². The molecule has 2 saturated heterocycles. The van der Waals surface area contributed by atoms with Crippen molar-refractivity contribution in [2.24, 2.45) is 5.92 Å². The first-order valence-corrected chi connectivity index (χ1v) is 7.43. The van der Waals surface area contributed by atoms with E-state index < -0.39 is 0 Å². The SMILES string of the molecule is CC(COC1CCOC1)NC(=O)CCC1CCNC1. The van der Waals surface area contributed by atoms with E-state index >= 15 is 0 Å². The molecule has 0 bridgehead atoms. The van der Waals surface area contributed by atoms with Crippen LogP contribution in [0.5, 0.6) is 0 Å². The van der Waals surface area contributed by atoms with E-state index in [4.69, 9.17) is 9.47 Å². The van der Waals surface area contributed by atoms with Gasteiger partial charge in [-0.3, -0.25) is 4.79 Å². The van der Waals surface area contributed by atoms with Gasteiger partial charge >= 0.3 is 0 Å². The average Bonchev–Trinajstić information content (AvgIpc) is 3.07. The van der Waals surface area contributed by atoms with Crippen LogP contribution in [0.2, 0.25) is 0 Å². The zero-order valence-electron chi connectivity index (χ0n) is 11.8. The molecule has 0 aromatic carbocycles. The van der Waals surface area contributed by atoms with Crippen LogP contribution < -0.4 is 10.6 Å². The normalized spacial score (nSPS) is 28.5. The zero-order chi connectivity index (χ0) is 13.5. The van der Waals surface area contributed by atoms with Crippen molar-refractivity contribution in [2.75, 3.05) is 32.9 Å². The first kappa shape index (κ1) is 14.8. The molecule has 1 amide bonds. The Morgan fingerprint density at radius 3 is 3.11 bits per heavy atom. The van der Waals surface area contributed by atoms with Crippen LogP contribution in [-0.2, 0) is 14.3 Å². The highest BCUT2D eigenvalue weighted by Gasteiger charge is 2.19. The predicted molar refractivity (Wildman–Crippen MR) is 73.0 cm³/mol. The Morgan fingerprint density at radius 2 is 2.42 bits per heavy atom. The molecule has 2 heterocycles. The molecule has 3 atom stereocenters. The van der Waals surface area contributed by atoms with E-state index in [0.29, 0.717) is 25.6 Å². The standard InChI is InChI=1S/C14H26N2O3/c1-11(9-19-13-5-7-18-10-13)16-14(17)3-2-12-4-6-15-8-12/h11-13,15H,2-10H2,1H3,(H,16,17). The van der Waals surface area contributed by atoms with Gasteiger partial charge in [0.25, 0.3) is 0 Å². The van der Waals surface area contributed by atoms with Crippen molar-refractivity contribution >= 4 is 5.91 Å². The van der Waals surface area contributed by atoms with Gasteiger partial charge in [-0.15, -0.1) is 0 Å². The Hall–Kier alpha value is -0.650. The fraction of sp³-hybridized carbons (Fsp3) is 0.929. The monoisotopic (exact) mass is 270 g/mol. The first-order chi connectivity index (χ1) is 9.24. The third kappa shape index (κ3) is 5.47. The van der Waals surface area contributed by atoms with Crippen molar-refractivity contribution in [3.05, 3.63) is 0 Å². The van der Waals surface area contributed by atoms with Crippen LogP contribution in [-0.4, -0.2) is 51.0 Å². The molecule has 19 heavy (non-hydrogen) atoms. The molecule has 0 aliphatic carbocycles. The largest absolute Gasteiger partial charge is 0.379 e. The number of carbonyl (C=O) groups is 1. The molecule has 5 heteroatoms. The Kier molecular flexibility index (Phi) is 6.07. The van der Waals surface area contributed by atoms with E-state index in [9.17, 15) is 4.79 Å². The summed E-state index contributed by atoms with van der Waals surface area (Å²) in [5.74, 6) is 0.818. The summed E-state index contributed by atoms with van der Waals surface area (Å²) in [7, 11) is 0. The summed E-state index contributed by atoms with van der Waals surface area (Å²) in [4.78, 5) is 11.8. The molecule has 5 nitrogen and oxygen atoms in total. The minimum atomic E-state index is 0.0785. The van der Waals surface area contributed by atoms with Gasteiger partial charge in [-0.1, -0.05) is 0 Å². The van der Waals surface area contributed by atoms with Gasteiger partial charge in [0.2, 0.25) is 5.91 Å². The molecule has 0 aromatic rings. The van der Waals surface area contributed by atoms with Gasteiger partial charge in [0.1, 0.15) is 0 Å². The number of rotatable bonds is 7. The van der Waals surface area contributed by atoms with Crippen molar-refractivity contribution in [3.8, 4) is 0 Å². The summed E-state index contributed by atoms with van der Waals surface area (Å²) in [5, 5.41) is 6.33. The van der Waals surface area contributed by atoms with Crippen LogP contribution in [0.1, 0.15) is 32.6 Å². The number of carbonyl (C=O) groups excluding carboxylic acids is 1. The minimum Gasteiger partial charge on any atom is -0.379 e. The van der Waals surface area contributed by atoms with Crippen molar-refractivity contribution in [3.63, 3.8) is 0 Å². The maximum absolute atomic E-state index is 11.8. The van der Waals surface area contributed by atoms with Crippen molar-refractivity contribution in [1.82, 2.24) is 10.6 Å². The molecule has 0 saturated carbocycles. The first-order valence-electron chi connectivity index (χ1n) is 7.43. The summed E-state index contributed by atoms with van der Waals surface area (Å²) < 4.78 is 10.9. The lowest BCUT2D eigenvalue weighted by molar-refractivity contribution is -0.122. The Balaban J connectivity index is 1.53. The molecule has 0 spiro atoms. The van der Waals surface area contributed by atoms with Crippen molar-refractivity contribution in [1.29, 1.82) is 0 Å². The maximum Gasteiger partial charge on any atom is 0.220 e. The van der Waals surface area contributed by atoms with E-state index in [1.807, 2.05) is 6.92 Å². The van der Waals surface area contributed by atoms with Crippen LogP contribution >= 0.6 is 0 Å². The highest BCUT2D eigenvalue weighted by Crippen LogP contribution is 2.14. The van der Waals surface area contributed by atoms with Gasteiger partial charge in [0.15, 0.2) is 0 Å². The van der Waals surface area contributed by atoms with E-state index in [-0.39, 0.29) is 18.1 Å². The maximum atomic E-state index is 11.8. The molecular weight excluding hydrogens is 244 g/mol. The number of hydrogen-bond donors (Lipinski definition) is 2. The van der Waals surface area contributed by atoms with Gasteiger partial charge < -0.3 is 20.1 Å². The highest BCUT2D eigenvalue weighted by atomic mass is 16.5. The zero-order valence-corrected chi connectivity index (χ0v) is 11.8. The number of nitrogens with one attached hydrogen (secondary N) is 2. The molecule has 2 fully saturated rings. The highest BCUT2D eigenvalue weighted by molar-refractivity contribution is 5.76. The predicted octanol–water partition coefficient (Wildman–Crippen LogP) is 0.686. The van der Waals surface area contributed by atoms with Crippen LogP contribution in [0.3, 0.4) is 0 Å². The van der Waals surface area contributed by atoms with Crippen LogP contribution in [0.15, 0.2) is 0 Å². The molecule has 2 aliphatic rings. The van der Waals surface area contributed by atoms with Gasteiger partial charge in [-0.2, -0.15) is 0 Å². The minimum absolute atomic E-state index is 0.0785. The van der Waals surface area contributed by atoms with Gasteiger partial charge in [-0.05, 0) is 45.2 Å². The lowest BCUT2D eigenvalue weighted by Crippen LogP contribution is -2.37. The summed E-state index contributed by atoms with van der Waals surface area (Å²) in [5.41, 5.74) is 0. The third-order valence-corrected chi connectivity index (χ3v) is 3.82. The summed E-state index contributed by atoms with van der Waals surface area (Å²) in [6.45, 7) is 6.21. The third-order valence-electron chi connectivity index (χ3n) is 3.82. The second-order valence-electron chi connectivity index (χ2n) is 5.68. The lowest BCUT2D eigenvalue weighted by atomic mass is 10.0. The average molecular weight is 270 g/mol. The molecule has 110 valence electrons. The van der Waals surface area contributed by atoms with Crippen molar-refractivity contribution in [2.45, 2.75) is 44.8 Å². The fourth-order valence-electron chi connectivity index (χ4n) is 2.61. The summed E-state index contributed by atoms with van der Waals surface area (Å²) in [6, 6.07) is 0.0785. The van der Waals surface area contributed by atoms with E-state index in [1.165, 1.54) is 6.42 Å². The van der Waals surface area contributed by atoms with Crippen LogP contribution in [0.25, 0.3) is 0 Å². The Labute approximate surface area is 115 Å². The lowest BCUT2D eigenvalue weighted by Gasteiger charge is -2.17. The van der Waals surface area contributed by atoms with Gasteiger partial charge in [-0.25, -0.2) is 0 Å². The second kappa shape index (κ2) is 7.82. The molecule has 3 unspecified atom stereocenters. The summed E-state index contributed by atoms with van der Waals surface area (Å²) >= 11 is 0. The molecule has 0 radical (unpaired) electrons. The Bertz CT molecular complexity index is 274. The number of ether oxygens (including phenoxy) is 2. The van der Waals surface area contributed by atoms with E-state index in [0.717, 1.165) is 32.5 Å². The van der Waals surface area contributed by atoms with Crippen molar-refractivity contribution < 1.29 is 14.3 Å². The Morgan fingerprint density at radius 1 is 1.53 bits per heavy atom. The number of hydrogen-bond acceptors (Lipinski definition) is 4. The van der Waals surface area contributed by atoms with E-state index in [2.05, 4.69) is 10.6 Å². The molecule has 2 N–H and O–H groups in total. The number of amides is 1. The quantitative estimate of drug-likeness (QED) is 0.714. The molecule has 0 aromatic heterocycles. The molecular formula is C14H26N2O3. The molecule has 2 aliphatic heterocycles. The molecule has 2 rings (SSSR count). The van der Waals surface area contributed by atoms with Crippen LogP contribution in [0, 0.1) is 5.92 Å². The van der Waals surface area contributed by atoms with E-state index in [1.54, 1.807) is 0 Å². The topological polar surface area (TPSA) is 59.6 Å². The van der Waals surface area contributed by atoms with Crippen LogP contribution in [0.4, 0.5) is 0 Å². The summed E-state index contributed by atoms with van der Waals surface area (Å²) in [6.07, 6.45) is 4.00. The van der Waals surface area contributed by atoms with Gasteiger partial charge in [0.05, 0.1) is 19.3 Å². The second-order valence-corrected chi connectivity index (χ2v) is 5.68. The fourth-order valence-corrected chi connectivity index (χ4v) is 2.61.